The number of hydrogen-bond acceptors (Lipinski definition) is 8. The number of esters is 2. The fourth-order valence-corrected chi connectivity index (χ4v) is 7.11. The van der Waals surface area contributed by atoms with Crippen LogP contribution in [0, 0.1) is 17.8 Å². The minimum Gasteiger partial charge on any atom is -0.462 e. The normalized spacial score (nSPS) is 18.9. The largest absolute Gasteiger partial charge is 0.462 e. The van der Waals surface area contributed by atoms with Crippen LogP contribution >= 0.6 is 0 Å². The van der Waals surface area contributed by atoms with Crippen molar-refractivity contribution in [3.63, 3.8) is 0 Å². The molecule has 5 atom stereocenters. The number of unbranched alkanes of at least 4 members (excludes halogenated alkanes) is 18. The van der Waals surface area contributed by atoms with Crippen LogP contribution in [-0.2, 0) is 23.9 Å². The monoisotopic (exact) mass is 723 g/mol. The number of allylic oxidation sites excluding steroid dienone is 1. The Bertz CT molecular complexity index is 902. The second-order valence-electron chi connectivity index (χ2n) is 15.7. The highest BCUT2D eigenvalue weighted by Gasteiger charge is 2.39. The Morgan fingerprint density at radius 1 is 0.745 bits per heavy atom. The Hall–Kier alpha value is -1.77. The molecule has 1 fully saturated rings. The molecule has 1 rings (SSSR count). The van der Waals surface area contributed by atoms with E-state index in [9.17, 15) is 29.7 Å². The van der Waals surface area contributed by atoms with Gasteiger partial charge < -0.3 is 24.8 Å². The van der Waals surface area contributed by atoms with Crippen molar-refractivity contribution in [2.75, 3.05) is 13.2 Å². The van der Waals surface area contributed by atoms with Crippen LogP contribution in [0.15, 0.2) is 12.2 Å². The maximum atomic E-state index is 12.4. The van der Waals surface area contributed by atoms with E-state index in [1.165, 1.54) is 77.0 Å². The molecule has 51 heavy (non-hydrogen) atoms. The Balaban J connectivity index is 2.04. The molecule has 0 unspecified atom stereocenters. The Kier molecular flexibility index (Phi) is 29.4. The number of hydrogen-bond donors (Lipinski definition) is 3. The lowest BCUT2D eigenvalue weighted by Crippen LogP contribution is -2.28. The number of ketones is 1. The van der Waals surface area contributed by atoms with Gasteiger partial charge in [-0.05, 0) is 37.5 Å². The molecule has 0 aromatic rings. The lowest BCUT2D eigenvalue weighted by molar-refractivity contribution is -0.161. The zero-order valence-electron chi connectivity index (χ0n) is 33.0. The number of carbonyl (C=O) groups is 3. The maximum absolute atomic E-state index is 12.4. The molecule has 8 nitrogen and oxygen atoms in total. The molecule has 0 spiro atoms. The summed E-state index contributed by atoms with van der Waals surface area (Å²) in [6.07, 6.45) is 28.9. The maximum Gasteiger partial charge on any atom is 0.306 e. The molecule has 0 amide bonds. The lowest BCUT2D eigenvalue weighted by atomic mass is 9.88. The van der Waals surface area contributed by atoms with E-state index in [0.717, 1.165) is 70.1 Å². The van der Waals surface area contributed by atoms with Crippen molar-refractivity contribution in [2.24, 2.45) is 17.8 Å². The second kappa shape index (κ2) is 31.7. The summed E-state index contributed by atoms with van der Waals surface area (Å²) in [6, 6.07) is 0. The van der Waals surface area contributed by atoms with Gasteiger partial charge in [0.05, 0.1) is 18.8 Å². The van der Waals surface area contributed by atoms with Crippen molar-refractivity contribution in [3.05, 3.63) is 12.2 Å². The van der Waals surface area contributed by atoms with Gasteiger partial charge in [0.1, 0.15) is 12.4 Å². The molecule has 298 valence electrons. The van der Waals surface area contributed by atoms with Crippen molar-refractivity contribution in [1.29, 1.82) is 0 Å². The van der Waals surface area contributed by atoms with Gasteiger partial charge in [-0.3, -0.25) is 14.4 Å². The van der Waals surface area contributed by atoms with Gasteiger partial charge in [0, 0.05) is 25.2 Å². The van der Waals surface area contributed by atoms with Crippen LogP contribution in [0.3, 0.4) is 0 Å². The molecular weight excluding hydrogens is 644 g/mol. The molecule has 1 saturated carbocycles. The molecule has 0 aromatic heterocycles. The van der Waals surface area contributed by atoms with Crippen molar-refractivity contribution < 1.29 is 39.2 Å². The first kappa shape index (κ1) is 47.3. The highest BCUT2D eigenvalue weighted by molar-refractivity contribution is 5.86. The zero-order chi connectivity index (χ0) is 37.5. The van der Waals surface area contributed by atoms with E-state index >= 15 is 0 Å². The predicted molar refractivity (Wildman–Crippen MR) is 206 cm³/mol. The quantitative estimate of drug-likeness (QED) is 0.0340. The summed E-state index contributed by atoms with van der Waals surface area (Å²) in [5, 5.41) is 30.2. The van der Waals surface area contributed by atoms with Crippen molar-refractivity contribution >= 4 is 17.7 Å². The average molecular weight is 723 g/mol. The summed E-state index contributed by atoms with van der Waals surface area (Å²) in [6.45, 7) is 6.20. The smallest absolute Gasteiger partial charge is 0.306 e. The molecule has 0 bridgehead atoms. The number of aliphatic hydroxyl groups is 3. The van der Waals surface area contributed by atoms with Crippen LogP contribution in [-0.4, -0.2) is 64.6 Å². The first-order valence-electron chi connectivity index (χ1n) is 21.2. The molecule has 1 aliphatic carbocycles. The summed E-state index contributed by atoms with van der Waals surface area (Å²) in [4.78, 5) is 36.9. The fourth-order valence-electron chi connectivity index (χ4n) is 7.11. The van der Waals surface area contributed by atoms with Gasteiger partial charge in [-0.15, -0.1) is 0 Å². The van der Waals surface area contributed by atoms with Crippen molar-refractivity contribution in [2.45, 2.75) is 212 Å². The first-order valence-corrected chi connectivity index (χ1v) is 21.2. The fraction of sp³-hybridized carbons (Fsp3) is 0.884. The van der Waals surface area contributed by atoms with Crippen LogP contribution in [0.4, 0.5) is 0 Å². The second-order valence-corrected chi connectivity index (χ2v) is 15.7. The van der Waals surface area contributed by atoms with Crippen molar-refractivity contribution in [1.82, 2.24) is 0 Å². The Labute approximate surface area is 311 Å². The molecule has 3 N–H and O–H groups in total. The van der Waals surface area contributed by atoms with Crippen LogP contribution in [0.25, 0.3) is 0 Å². The number of ether oxygens (including phenoxy) is 2. The number of carbonyl (C=O) groups excluding carboxylic acids is 3. The SMILES string of the molecule is CCCCC[C@H](O)/C=C/[C@H]1C(=O)C[C@H](O)[C@@H]1CCCCCCC(=O)O[C@@H](CO)COC(=O)CCCCCCCCCCCCCCCCC(C)C. The minimum atomic E-state index is -0.854. The standard InChI is InChI=1S/C43H78O8/c1-4-5-20-26-36(45)30-31-39-38(40(46)32-41(39)47)27-22-18-19-24-29-43(49)51-37(33-44)34-50-42(48)28-23-17-15-13-11-9-7-6-8-10-12-14-16-21-25-35(2)3/h30-31,35-40,44-46H,4-29,32-34H2,1-3H3/b31-30+/t36-,37-,38+,39+,40-/m0/s1. The molecular formula is C43H78O8. The van der Waals surface area contributed by atoms with E-state index in [-0.39, 0.29) is 43.0 Å². The van der Waals surface area contributed by atoms with E-state index in [4.69, 9.17) is 9.47 Å². The van der Waals surface area contributed by atoms with Gasteiger partial charge in [0.15, 0.2) is 6.10 Å². The lowest BCUT2D eigenvalue weighted by Gasteiger charge is -2.19. The summed E-state index contributed by atoms with van der Waals surface area (Å²) in [5.74, 6) is -0.353. The zero-order valence-corrected chi connectivity index (χ0v) is 33.0. The third-order valence-corrected chi connectivity index (χ3v) is 10.4. The van der Waals surface area contributed by atoms with Crippen LogP contribution in [0.5, 0.6) is 0 Å². The molecule has 0 radical (unpaired) electrons. The Morgan fingerprint density at radius 3 is 1.80 bits per heavy atom. The third-order valence-electron chi connectivity index (χ3n) is 10.4. The first-order chi connectivity index (χ1) is 24.7. The van der Waals surface area contributed by atoms with E-state index in [2.05, 4.69) is 20.8 Å². The molecule has 0 heterocycles. The minimum absolute atomic E-state index is 0.0337. The van der Waals surface area contributed by atoms with E-state index < -0.39 is 30.9 Å². The highest BCUT2D eigenvalue weighted by atomic mass is 16.6. The third kappa shape index (κ3) is 25.8. The highest BCUT2D eigenvalue weighted by Crippen LogP contribution is 2.34. The summed E-state index contributed by atoms with van der Waals surface area (Å²) in [5.41, 5.74) is 0. The molecule has 0 saturated heterocycles. The molecule has 1 aliphatic rings. The van der Waals surface area contributed by atoms with Gasteiger partial charge in [-0.25, -0.2) is 0 Å². The molecule has 0 aliphatic heterocycles. The van der Waals surface area contributed by atoms with Gasteiger partial charge in [0.2, 0.25) is 0 Å². The average Bonchev–Trinajstić information content (AvgIpc) is 3.37. The van der Waals surface area contributed by atoms with Crippen LogP contribution in [0.1, 0.15) is 194 Å². The number of rotatable bonds is 34. The van der Waals surface area contributed by atoms with Crippen LogP contribution < -0.4 is 0 Å². The van der Waals surface area contributed by atoms with Crippen molar-refractivity contribution in [3.8, 4) is 0 Å². The van der Waals surface area contributed by atoms with Gasteiger partial charge in [-0.1, -0.05) is 161 Å². The summed E-state index contributed by atoms with van der Waals surface area (Å²) in [7, 11) is 0. The summed E-state index contributed by atoms with van der Waals surface area (Å²) >= 11 is 0. The summed E-state index contributed by atoms with van der Waals surface area (Å²) < 4.78 is 10.6. The van der Waals surface area contributed by atoms with E-state index in [1.54, 1.807) is 12.2 Å². The number of aliphatic hydroxyl groups excluding tert-OH is 3. The van der Waals surface area contributed by atoms with Gasteiger partial charge >= 0.3 is 11.9 Å². The molecule has 0 aromatic carbocycles. The van der Waals surface area contributed by atoms with E-state index in [0.29, 0.717) is 19.3 Å². The Morgan fingerprint density at radius 2 is 1.25 bits per heavy atom. The predicted octanol–water partition coefficient (Wildman–Crippen LogP) is 9.74. The van der Waals surface area contributed by atoms with Crippen LogP contribution in [0.2, 0.25) is 0 Å². The topological polar surface area (TPSA) is 130 Å². The number of Topliss-reactive ketones (excluding diaryl/α,β-unsaturated/α-hetero) is 1. The van der Waals surface area contributed by atoms with E-state index in [1.807, 2.05) is 0 Å². The molecule has 8 heteroatoms. The van der Waals surface area contributed by atoms with Gasteiger partial charge in [0.25, 0.3) is 0 Å². The van der Waals surface area contributed by atoms with Gasteiger partial charge in [-0.2, -0.15) is 0 Å².